The van der Waals surface area contributed by atoms with E-state index >= 15 is 0 Å². The highest BCUT2D eigenvalue weighted by molar-refractivity contribution is 14.1. The van der Waals surface area contributed by atoms with E-state index in [9.17, 15) is 24.6 Å². The van der Waals surface area contributed by atoms with Gasteiger partial charge in [0.2, 0.25) is 11.8 Å². The molecule has 2 amide bonds. The number of aliphatic hydroxyl groups is 2. The molecule has 0 heterocycles. The molecule has 0 saturated carbocycles. The van der Waals surface area contributed by atoms with E-state index in [2.05, 4.69) is 5.32 Å². The van der Waals surface area contributed by atoms with Crippen LogP contribution in [-0.2, 0) is 20.7 Å². The van der Waals surface area contributed by atoms with Crippen molar-refractivity contribution >= 4 is 40.7 Å². The molecule has 42 heavy (non-hydrogen) atoms. The minimum Gasteiger partial charge on any atom is -0.497 e. The number of nitrogens with one attached hydrogen (secondary N) is 1. The summed E-state index contributed by atoms with van der Waals surface area (Å²) in [6, 6.07) is 9.82. The number of carbonyl (C=O) groups is 3. The van der Waals surface area contributed by atoms with Crippen molar-refractivity contribution in [3.8, 4) is 17.2 Å². The Hall–Kier alpha value is -3.20. The first kappa shape index (κ1) is 33.3. The fourth-order valence-corrected chi connectivity index (χ4v) is 5.48. The third-order valence-corrected chi connectivity index (χ3v) is 7.67. The van der Waals surface area contributed by atoms with Gasteiger partial charge in [0.25, 0.3) is 0 Å². The quantitative estimate of drug-likeness (QED) is 0.189. The van der Waals surface area contributed by atoms with Crippen molar-refractivity contribution in [1.29, 1.82) is 0 Å². The smallest absolute Gasteiger partial charge is 0.247 e. The average molecular weight is 697 g/mol. The van der Waals surface area contributed by atoms with Gasteiger partial charge in [-0.2, -0.15) is 0 Å². The van der Waals surface area contributed by atoms with Gasteiger partial charge in [0.15, 0.2) is 11.5 Å². The van der Waals surface area contributed by atoms with Gasteiger partial charge in [-0.25, -0.2) is 0 Å². The van der Waals surface area contributed by atoms with Crippen LogP contribution in [0.15, 0.2) is 48.0 Å². The van der Waals surface area contributed by atoms with Crippen molar-refractivity contribution in [2.75, 3.05) is 47.6 Å². The fourth-order valence-electron chi connectivity index (χ4n) is 4.72. The maximum Gasteiger partial charge on any atom is 0.247 e. The summed E-state index contributed by atoms with van der Waals surface area (Å²) in [5.74, 6) is 0.565. The van der Waals surface area contributed by atoms with Gasteiger partial charge in [-0.05, 0) is 64.9 Å². The van der Waals surface area contributed by atoms with Crippen molar-refractivity contribution in [3.63, 3.8) is 0 Å². The molecule has 0 radical (unpaired) electrons. The van der Waals surface area contributed by atoms with Crippen LogP contribution in [0.4, 0.5) is 0 Å². The van der Waals surface area contributed by atoms with Gasteiger partial charge < -0.3 is 39.4 Å². The summed E-state index contributed by atoms with van der Waals surface area (Å²) in [4.78, 5) is 39.5. The van der Waals surface area contributed by atoms with Crippen molar-refractivity contribution < 1.29 is 43.5 Å². The monoisotopic (exact) mass is 696 g/mol. The number of nitrogens with zero attached hydrogens (tertiary/aromatic N) is 1. The van der Waals surface area contributed by atoms with Crippen LogP contribution in [0.3, 0.4) is 0 Å². The fraction of sp³-hybridized carbons (Fsp3) is 0.433. The lowest BCUT2D eigenvalue weighted by molar-refractivity contribution is -0.139. The molecular weight excluding hydrogens is 659 g/mol. The topological polar surface area (TPSA) is 144 Å². The van der Waals surface area contributed by atoms with Crippen LogP contribution >= 0.6 is 22.6 Å². The van der Waals surface area contributed by atoms with Crippen molar-refractivity contribution in [2.24, 2.45) is 0 Å². The second kappa shape index (κ2) is 16.4. The number of rotatable bonds is 15. The van der Waals surface area contributed by atoms with Gasteiger partial charge in [-0.15, -0.1) is 0 Å². The lowest BCUT2D eigenvalue weighted by Gasteiger charge is -2.40. The molecule has 2 aromatic rings. The van der Waals surface area contributed by atoms with E-state index in [4.69, 9.17) is 18.9 Å². The van der Waals surface area contributed by atoms with Crippen molar-refractivity contribution in [1.82, 2.24) is 10.2 Å². The first-order chi connectivity index (χ1) is 20.3. The van der Waals surface area contributed by atoms with Gasteiger partial charge >= 0.3 is 0 Å². The summed E-state index contributed by atoms with van der Waals surface area (Å²) in [6.45, 7) is 0.242. The molecule has 228 valence electrons. The van der Waals surface area contributed by atoms with Crippen LogP contribution in [-0.4, -0.2) is 99.1 Å². The van der Waals surface area contributed by atoms with Crippen LogP contribution in [0.2, 0.25) is 0 Å². The molecule has 2 aromatic carbocycles. The number of hydrogen-bond donors (Lipinski definition) is 3. The summed E-state index contributed by atoms with van der Waals surface area (Å²) >= 11 is 2.01. The first-order valence-electron chi connectivity index (χ1n) is 13.4. The number of ether oxygens (including phenoxy) is 4. The summed E-state index contributed by atoms with van der Waals surface area (Å²) in [6.07, 6.45) is 0.566. The zero-order chi connectivity index (χ0) is 30.6. The predicted molar refractivity (Wildman–Crippen MR) is 163 cm³/mol. The van der Waals surface area contributed by atoms with Crippen LogP contribution in [0.25, 0.3) is 0 Å². The Balaban J connectivity index is 1.99. The Morgan fingerprint density at radius 2 is 1.95 bits per heavy atom. The van der Waals surface area contributed by atoms with E-state index in [0.29, 0.717) is 33.2 Å². The average Bonchev–Trinajstić information content (AvgIpc) is 3.00. The standard InChI is InChI=1S/C30H37IN2O9/c1-39-12-8-27(36)33(10-7-19-5-4-6-22(13-19)40-2)24-16-21(30(38)32-9-11-34)17-25(28(24)37)42-29-23(31)14-20(18-35)15-26(29)41-3/h4-6,13-15,17-18,24-25,28,34,37H,7-12,16H2,1-3H3,(H,32,38). The summed E-state index contributed by atoms with van der Waals surface area (Å²) in [7, 11) is 4.52. The van der Waals surface area contributed by atoms with E-state index < -0.39 is 24.2 Å². The van der Waals surface area contributed by atoms with Gasteiger partial charge in [0, 0.05) is 37.8 Å². The number of amides is 2. The van der Waals surface area contributed by atoms with Gasteiger partial charge in [-0.1, -0.05) is 12.1 Å². The zero-order valence-electron chi connectivity index (χ0n) is 23.9. The molecular formula is C30H37IN2O9. The SMILES string of the molecule is COCCC(=O)N(CCc1cccc(OC)c1)C1CC(C(=O)NCCO)=CC(Oc2c(I)cc(C=O)cc2OC)C1O. The maximum atomic E-state index is 13.5. The minimum atomic E-state index is -1.22. The van der Waals surface area contributed by atoms with E-state index in [1.54, 1.807) is 18.1 Å². The van der Waals surface area contributed by atoms with Crippen LogP contribution in [0, 0.1) is 3.57 Å². The molecule has 3 unspecified atom stereocenters. The second-order valence-electron chi connectivity index (χ2n) is 9.60. The number of benzene rings is 2. The Morgan fingerprint density at radius 1 is 1.17 bits per heavy atom. The summed E-state index contributed by atoms with van der Waals surface area (Å²) in [5.41, 5.74) is 1.62. The highest BCUT2D eigenvalue weighted by Gasteiger charge is 2.40. The molecule has 0 saturated heterocycles. The number of carbonyl (C=O) groups excluding carboxylic acids is 3. The van der Waals surface area contributed by atoms with Gasteiger partial charge in [0.05, 0.1) is 43.5 Å². The lowest BCUT2D eigenvalue weighted by atomic mass is 9.87. The zero-order valence-corrected chi connectivity index (χ0v) is 26.0. The number of hydrogen-bond acceptors (Lipinski definition) is 9. The molecule has 0 spiro atoms. The highest BCUT2D eigenvalue weighted by Crippen LogP contribution is 2.37. The molecule has 1 aliphatic rings. The van der Waals surface area contributed by atoms with Gasteiger partial charge in [-0.3, -0.25) is 14.4 Å². The Kier molecular flexibility index (Phi) is 13.0. The molecule has 12 heteroatoms. The third-order valence-electron chi connectivity index (χ3n) is 6.87. The largest absolute Gasteiger partial charge is 0.497 e. The molecule has 3 rings (SSSR count). The summed E-state index contributed by atoms with van der Waals surface area (Å²) < 4.78 is 22.7. The Morgan fingerprint density at radius 3 is 2.62 bits per heavy atom. The number of halogens is 1. The van der Waals surface area contributed by atoms with Crippen LogP contribution in [0.5, 0.6) is 17.2 Å². The second-order valence-corrected chi connectivity index (χ2v) is 10.8. The molecule has 1 aliphatic carbocycles. The molecule has 0 aromatic heterocycles. The van der Waals surface area contributed by atoms with Crippen molar-refractivity contribution in [3.05, 3.63) is 62.7 Å². The molecule has 0 bridgehead atoms. The molecule has 11 nitrogen and oxygen atoms in total. The molecule has 0 fully saturated rings. The normalized spacial score (nSPS) is 18.0. The van der Waals surface area contributed by atoms with Gasteiger partial charge in [0.1, 0.15) is 24.2 Å². The van der Waals surface area contributed by atoms with Crippen LogP contribution in [0.1, 0.15) is 28.8 Å². The maximum absolute atomic E-state index is 13.5. The van der Waals surface area contributed by atoms with E-state index in [0.717, 1.165) is 5.56 Å². The molecule has 3 N–H and O–H groups in total. The predicted octanol–water partition coefficient (Wildman–Crippen LogP) is 2.14. The molecule has 3 atom stereocenters. The third kappa shape index (κ3) is 8.66. The number of aldehydes is 1. The summed E-state index contributed by atoms with van der Waals surface area (Å²) in [5, 5.41) is 23.5. The van der Waals surface area contributed by atoms with Crippen LogP contribution < -0.4 is 19.5 Å². The highest BCUT2D eigenvalue weighted by atomic mass is 127. The van der Waals surface area contributed by atoms with Crippen molar-refractivity contribution in [2.45, 2.75) is 37.5 Å². The number of aliphatic hydroxyl groups excluding tert-OH is 2. The molecule has 0 aliphatic heterocycles. The number of methoxy groups -OCH3 is 3. The van der Waals surface area contributed by atoms with E-state index in [1.165, 1.54) is 26.4 Å². The van der Waals surface area contributed by atoms with E-state index in [1.807, 2.05) is 46.9 Å². The lowest BCUT2D eigenvalue weighted by Crippen LogP contribution is -2.55. The Bertz CT molecular complexity index is 1270. The minimum absolute atomic E-state index is 0.0418. The Labute approximate surface area is 258 Å². The van der Waals surface area contributed by atoms with E-state index in [-0.39, 0.29) is 56.6 Å². The first-order valence-corrected chi connectivity index (χ1v) is 14.5.